The first kappa shape index (κ1) is 11.0. The Morgan fingerprint density at radius 2 is 2.06 bits per heavy atom. The van der Waals surface area contributed by atoms with Gasteiger partial charge in [0.05, 0.1) is 11.6 Å². The van der Waals surface area contributed by atoms with Crippen LogP contribution in [0.1, 0.15) is 25.8 Å². The van der Waals surface area contributed by atoms with E-state index in [2.05, 4.69) is 30.6 Å². The van der Waals surface area contributed by atoms with Crippen molar-refractivity contribution in [1.82, 2.24) is 5.32 Å². The second-order valence-electron chi connectivity index (χ2n) is 5.00. The Hall–Kier alpha value is -1.53. The zero-order valence-electron chi connectivity index (χ0n) is 9.75. The average molecular weight is 215 g/mol. The van der Waals surface area contributed by atoms with Crippen LogP contribution in [0.2, 0.25) is 0 Å². The SMILES string of the molecule is CC1(C)CC(Nc2ccc(C#N)cc2)CN1. The van der Waals surface area contributed by atoms with Crippen molar-refractivity contribution in [3.05, 3.63) is 29.8 Å². The molecule has 0 aliphatic carbocycles. The number of nitrogens with zero attached hydrogens (tertiary/aromatic N) is 1. The molecule has 3 nitrogen and oxygen atoms in total. The van der Waals surface area contributed by atoms with Crippen molar-refractivity contribution in [2.24, 2.45) is 0 Å². The summed E-state index contributed by atoms with van der Waals surface area (Å²) in [7, 11) is 0. The third kappa shape index (κ3) is 2.53. The molecule has 1 saturated heterocycles. The van der Waals surface area contributed by atoms with Crippen LogP contribution in [0.15, 0.2) is 24.3 Å². The van der Waals surface area contributed by atoms with Crippen molar-refractivity contribution in [1.29, 1.82) is 5.26 Å². The molecule has 0 radical (unpaired) electrons. The lowest BCUT2D eigenvalue weighted by molar-refractivity contribution is 0.457. The first-order valence-electron chi connectivity index (χ1n) is 5.61. The molecule has 0 saturated carbocycles. The lowest BCUT2D eigenvalue weighted by Crippen LogP contribution is -2.31. The highest BCUT2D eigenvalue weighted by molar-refractivity contribution is 5.48. The van der Waals surface area contributed by atoms with Gasteiger partial charge in [-0.2, -0.15) is 5.26 Å². The molecule has 1 fully saturated rings. The van der Waals surface area contributed by atoms with Crippen molar-refractivity contribution in [3.8, 4) is 6.07 Å². The zero-order chi connectivity index (χ0) is 11.6. The number of nitriles is 1. The van der Waals surface area contributed by atoms with E-state index in [1.165, 1.54) is 0 Å². The molecule has 1 heterocycles. The summed E-state index contributed by atoms with van der Waals surface area (Å²) in [6.45, 7) is 5.42. The van der Waals surface area contributed by atoms with Crippen LogP contribution in [0.4, 0.5) is 5.69 Å². The van der Waals surface area contributed by atoms with E-state index < -0.39 is 0 Å². The number of hydrogen-bond donors (Lipinski definition) is 2. The van der Waals surface area contributed by atoms with Crippen LogP contribution < -0.4 is 10.6 Å². The van der Waals surface area contributed by atoms with E-state index in [1.54, 1.807) is 0 Å². The molecule has 1 aliphatic rings. The number of rotatable bonds is 2. The normalized spacial score (nSPS) is 22.7. The summed E-state index contributed by atoms with van der Waals surface area (Å²) in [4.78, 5) is 0. The third-order valence-corrected chi connectivity index (χ3v) is 2.97. The Labute approximate surface area is 96.5 Å². The summed E-state index contributed by atoms with van der Waals surface area (Å²) in [6, 6.07) is 10.2. The summed E-state index contributed by atoms with van der Waals surface area (Å²) in [5.41, 5.74) is 2.02. The average Bonchev–Trinajstić information content (AvgIpc) is 2.59. The largest absolute Gasteiger partial charge is 0.381 e. The number of anilines is 1. The quantitative estimate of drug-likeness (QED) is 0.794. The van der Waals surface area contributed by atoms with Gasteiger partial charge in [0.25, 0.3) is 0 Å². The Kier molecular flexibility index (Phi) is 2.84. The molecule has 1 aliphatic heterocycles. The Bertz CT molecular complexity index is 400. The van der Waals surface area contributed by atoms with Crippen molar-refractivity contribution >= 4 is 5.69 Å². The van der Waals surface area contributed by atoms with Crippen molar-refractivity contribution in [2.75, 3.05) is 11.9 Å². The van der Waals surface area contributed by atoms with Gasteiger partial charge in [-0.15, -0.1) is 0 Å². The van der Waals surface area contributed by atoms with Gasteiger partial charge in [-0.1, -0.05) is 0 Å². The van der Waals surface area contributed by atoms with Gasteiger partial charge in [-0.05, 0) is 44.5 Å². The Morgan fingerprint density at radius 1 is 1.38 bits per heavy atom. The molecule has 1 aromatic carbocycles. The predicted molar refractivity (Wildman–Crippen MR) is 65.3 cm³/mol. The maximum absolute atomic E-state index is 8.70. The van der Waals surface area contributed by atoms with Gasteiger partial charge in [-0.25, -0.2) is 0 Å². The van der Waals surface area contributed by atoms with Crippen LogP contribution in [0.25, 0.3) is 0 Å². The van der Waals surface area contributed by atoms with E-state index in [9.17, 15) is 0 Å². The number of hydrogen-bond acceptors (Lipinski definition) is 3. The molecule has 0 amide bonds. The molecule has 1 unspecified atom stereocenters. The van der Waals surface area contributed by atoms with Crippen LogP contribution in [0.5, 0.6) is 0 Å². The summed E-state index contributed by atoms with van der Waals surface area (Å²) in [5, 5.41) is 15.7. The van der Waals surface area contributed by atoms with Crippen molar-refractivity contribution in [2.45, 2.75) is 31.8 Å². The monoisotopic (exact) mass is 215 g/mol. The van der Waals surface area contributed by atoms with E-state index >= 15 is 0 Å². The molecule has 84 valence electrons. The molecule has 2 rings (SSSR count). The van der Waals surface area contributed by atoms with Crippen molar-refractivity contribution < 1.29 is 0 Å². The summed E-state index contributed by atoms with van der Waals surface area (Å²) in [5.74, 6) is 0. The first-order chi connectivity index (χ1) is 7.59. The van der Waals surface area contributed by atoms with Crippen LogP contribution in [-0.4, -0.2) is 18.1 Å². The second kappa shape index (κ2) is 4.15. The Balaban J connectivity index is 1.97. The molecule has 0 aromatic heterocycles. The maximum atomic E-state index is 8.70. The molecule has 3 heteroatoms. The molecule has 16 heavy (non-hydrogen) atoms. The van der Waals surface area contributed by atoms with Gasteiger partial charge in [-0.3, -0.25) is 0 Å². The summed E-state index contributed by atoms with van der Waals surface area (Å²) >= 11 is 0. The standard InChI is InChI=1S/C13H17N3/c1-13(2)7-12(9-15-13)16-11-5-3-10(8-14)4-6-11/h3-6,12,15-16H,7,9H2,1-2H3. The van der Waals surface area contributed by atoms with Crippen LogP contribution >= 0.6 is 0 Å². The molecule has 1 atom stereocenters. The fourth-order valence-corrected chi connectivity index (χ4v) is 2.14. The minimum absolute atomic E-state index is 0.226. The van der Waals surface area contributed by atoms with Gasteiger partial charge in [0.15, 0.2) is 0 Å². The molecule has 0 spiro atoms. The highest BCUT2D eigenvalue weighted by atomic mass is 15.1. The van der Waals surface area contributed by atoms with Gasteiger partial charge >= 0.3 is 0 Å². The molecular formula is C13H17N3. The van der Waals surface area contributed by atoms with Crippen LogP contribution in [-0.2, 0) is 0 Å². The highest BCUT2D eigenvalue weighted by Gasteiger charge is 2.29. The van der Waals surface area contributed by atoms with Gasteiger partial charge in [0.1, 0.15) is 0 Å². The fraction of sp³-hybridized carbons (Fsp3) is 0.462. The maximum Gasteiger partial charge on any atom is 0.0991 e. The van der Waals surface area contributed by atoms with Crippen LogP contribution in [0.3, 0.4) is 0 Å². The molecule has 0 bridgehead atoms. The van der Waals surface area contributed by atoms with E-state index in [0.717, 1.165) is 18.7 Å². The predicted octanol–water partition coefficient (Wildman–Crippen LogP) is 2.11. The zero-order valence-corrected chi connectivity index (χ0v) is 9.75. The second-order valence-corrected chi connectivity index (χ2v) is 5.00. The third-order valence-electron chi connectivity index (χ3n) is 2.97. The fourth-order valence-electron chi connectivity index (χ4n) is 2.14. The minimum atomic E-state index is 0.226. The van der Waals surface area contributed by atoms with E-state index in [-0.39, 0.29) is 5.54 Å². The van der Waals surface area contributed by atoms with E-state index in [1.807, 2.05) is 24.3 Å². The first-order valence-corrected chi connectivity index (χ1v) is 5.61. The molecular weight excluding hydrogens is 198 g/mol. The smallest absolute Gasteiger partial charge is 0.0991 e. The van der Waals surface area contributed by atoms with Crippen molar-refractivity contribution in [3.63, 3.8) is 0 Å². The highest BCUT2D eigenvalue weighted by Crippen LogP contribution is 2.21. The van der Waals surface area contributed by atoms with Gasteiger partial charge in [0, 0.05) is 23.8 Å². The lowest BCUT2D eigenvalue weighted by atomic mass is 10.0. The Morgan fingerprint density at radius 3 is 2.56 bits per heavy atom. The molecule has 2 N–H and O–H groups in total. The number of nitrogens with one attached hydrogen (secondary N) is 2. The lowest BCUT2D eigenvalue weighted by Gasteiger charge is -2.18. The molecule has 1 aromatic rings. The summed E-state index contributed by atoms with van der Waals surface area (Å²) < 4.78 is 0. The van der Waals surface area contributed by atoms with Gasteiger partial charge in [0.2, 0.25) is 0 Å². The summed E-state index contributed by atoms with van der Waals surface area (Å²) in [6.07, 6.45) is 1.12. The van der Waals surface area contributed by atoms with E-state index in [0.29, 0.717) is 11.6 Å². The van der Waals surface area contributed by atoms with Crippen LogP contribution in [0, 0.1) is 11.3 Å². The minimum Gasteiger partial charge on any atom is -0.381 e. The van der Waals surface area contributed by atoms with Gasteiger partial charge < -0.3 is 10.6 Å². The topological polar surface area (TPSA) is 47.9 Å². The van der Waals surface area contributed by atoms with E-state index in [4.69, 9.17) is 5.26 Å². The number of benzene rings is 1.